The predicted octanol–water partition coefficient (Wildman–Crippen LogP) is 21.8. The summed E-state index contributed by atoms with van der Waals surface area (Å²) in [5.74, 6) is -9.98. The fourth-order valence-corrected chi connectivity index (χ4v) is 21.7. The summed E-state index contributed by atoms with van der Waals surface area (Å²) in [5, 5.41) is 27.2. The van der Waals surface area contributed by atoms with E-state index < -0.39 is 70.1 Å². The van der Waals surface area contributed by atoms with E-state index in [0.717, 1.165) is 210 Å². The molecule has 148 heavy (non-hydrogen) atoms. The van der Waals surface area contributed by atoms with Crippen molar-refractivity contribution in [2.45, 2.75) is 225 Å². The molecule has 0 spiro atoms. The number of Topliss-reactive ketones (excluding diaryl/α,β-unsaturated/α-hetero) is 2. The van der Waals surface area contributed by atoms with Gasteiger partial charge in [0.15, 0.2) is 17.4 Å². The molecule has 791 valence electrons. The smallest absolute Gasteiger partial charge is 1.00 e. The second kappa shape index (κ2) is 62.2. The summed E-state index contributed by atoms with van der Waals surface area (Å²) < 4.78 is 160. The molecule has 7 N–H and O–H groups in total. The van der Waals surface area contributed by atoms with Crippen LogP contribution in [0.15, 0.2) is 126 Å². The molecule has 26 nitrogen and oxygen atoms in total. The van der Waals surface area contributed by atoms with Crippen LogP contribution in [0.5, 0.6) is 23.0 Å². The Bertz CT molecular complexity index is 6390. The van der Waals surface area contributed by atoms with Gasteiger partial charge in [0.25, 0.3) is 47.3 Å². The van der Waals surface area contributed by atoms with Gasteiger partial charge < -0.3 is 56.7 Å². The normalized spacial score (nSPS) is 17.8. The van der Waals surface area contributed by atoms with E-state index in [-0.39, 0.29) is 116 Å². The van der Waals surface area contributed by atoms with Crippen LogP contribution in [0.25, 0.3) is 40.9 Å². The molecule has 1 atom stereocenters. The molecular formula is C102H126AlB2BrF9LiN13O13PS4V. The maximum atomic E-state index is 13.6. The number of nitrogens with zero attached hydrogens (tertiary/aromatic N) is 8. The van der Waals surface area contributed by atoms with Crippen LogP contribution < -0.4 is 59.5 Å². The molecule has 8 aromatic heterocycles. The molecule has 17 rings (SSSR count). The van der Waals surface area contributed by atoms with E-state index in [4.69, 9.17) is 57.4 Å². The number of nitrogens with two attached hydrogens (primary N) is 1. The summed E-state index contributed by atoms with van der Waals surface area (Å²) in [6.45, 7) is 12.7. The number of rotatable bonds is 23. The Hall–Kier alpha value is -9.03. The summed E-state index contributed by atoms with van der Waals surface area (Å²) >= 11 is 9.98. The number of amides is 4. The van der Waals surface area contributed by atoms with E-state index in [1.807, 2.05) is 6.07 Å². The van der Waals surface area contributed by atoms with E-state index in [9.17, 15) is 78.1 Å². The van der Waals surface area contributed by atoms with Gasteiger partial charge in [0, 0.05) is 135 Å². The first kappa shape index (κ1) is 126. The Morgan fingerprint density at radius 3 is 1.01 bits per heavy atom. The molecule has 5 aliphatic rings. The number of hydrogen-bond acceptors (Lipinski definition) is 26. The molecular weight excluding hydrogens is 2130 g/mol. The van der Waals surface area contributed by atoms with Gasteiger partial charge >= 0.3 is 35.8 Å². The number of aliphatic hydroxyl groups excluding tert-OH is 1. The fourth-order valence-electron chi connectivity index (χ4n) is 16.4. The Kier molecular flexibility index (Phi) is 52.9. The van der Waals surface area contributed by atoms with Crippen molar-refractivity contribution in [1.29, 1.82) is 5.31 Å². The van der Waals surface area contributed by atoms with Crippen LogP contribution in [-0.2, 0) is 61.4 Å². The minimum Gasteiger partial charge on any atom is -1.00 e. The molecule has 4 aliphatic carbocycles. The van der Waals surface area contributed by atoms with E-state index in [0.29, 0.717) is 90.1 Å². The van der Waals surface area contributed by atoms with Crippen molar-refractivity contribution in [3.8, 4) is 23.0 Å². The number of thiazole rings is 4. The number of methoxy groups -OCH3 is 4. The number of aldehydes is 1. The molecule has 5 fully saturated rings. The molecule has 9 heterocycles. The Labute approximate surface area is 923 Å². The summed E-state index contributed by atoms with van der Waals surface area (Å²) in [4.78, 5) is 117. The molecule has 1 unspecified atom stereocenters. The number of alkyl halides is 8. The van der Waals surface area contributed by atoms with Crippen LogP contribution in [0.1, 0.15) is 284 Å². The second-order valence-electron chi connectivity index (χ2n) is 34.5. The first-order valence-corrected chi connectivity index (χ1v) is 51.7. The number of ketones is 2. The average molecular weight is 2260 g/mol. The minimum atomic E-state index is -3.14. The molecule has 0 bridgehead atoms. The minimum absolute atomic E-state index is 0. The number of fused-ring (bicyclic) bond motifs is 4. The largest absolute Gasteiger partial charge is 1.00 e. The zero-order valence-electron chi connectivity index (χ0n) is 87.1. The monoisotopic (exact) mass is 2260 g/mol. The molecule has 4 aromatic carbocycles. The Morgan fingerprint density at radius 2 is 0.764 bits per heavy atom. The Morgan fingerprint density at radius 1 is 0.507 bits per heavy atom. The number of carbonyl (C=O) groups is 7. The maximum absolute atomic E-state index is 13.6. The van der Waals surface area contributed by atoms with E-state index in [2.05, 4.69) is 75.0 Å². The van der Waals surface area contributed by atoms with Gasteiger partial charge in [0.05, 0.1) is 119 Å². The molecule has 12 aromatic rings. The average Bonchev–Trinajstić information content (AvgIpc) is 1.66. The van der Waals surface area contributed by atoms with Crippen LogP contribution >= 0.6 is 70.5 Å². The third kappa shape index (κ3) is 37.5. The SMILES string of the molecule is C1CCOC1.CC(F)(F)c1cccc(C(N)=O)n1.COc1cc2nc(C3CCC(C(C)=O)CC3)sc2cc1Br.COc1cc2nc(C3CCC(C(C)=O)CC3)sc2cc1NC(=O)c1cccc(C(C)(F)F)n1.COc1cc2nc(C3CCC(C=O)CC3)sc2cc1NC(=O)c1cccc(C(C)(F)F)n1.COc1cc2nc(C3CCC(CO)CC3)sc2cc1NC(=O)c1cccc(C(C)(F)F)n1.N=BF.[2H]CC.[2H]CP.[AlH3].[B]C.[H-].[Li+].[V]. The van der Waals surface area contributed by atoms with Crippen LogP contribution in [0.2, 0.25) is 6.82 Å². The first-order chi connectivity index (χ1) is 69.9. The summed E-state index contributed by atoms with van der Waals surface area (Å²) in [5.41, 5.74) is 7.15. The molecule has 1 saturated heterocycles. The van der Waals surface area contributed by atoms with Crippen LogP contribution in [0, 0.1) is 29.0 Å². The van der Waals surface area contributed by atoms with Crippen molar-refractivity contribution >= 4 is 202 Å². The number of benzene rings is 4. The van der Waals surface area contributed by atoms with Gasteiger partial charge in [0.2, 0.25) is 0 Å². The fraction of sp³-hybridized carbons (Fsp3) is 0.461. The number of aromatic nitrogens is 8. The number of halogens is 10. The first-order valence-electron chi connectivity index (χ1n) is 48.2. The van der Waals surface area contributed by atoms with Crippen molar-refractivity contribution in [2.24, 2.45) is 29.4 Å². The number of carbonyl (C=O) groups excluding carboxylic acids is 7. The summed E-state index contributed by atoms with van der Waals surface area (Å²) in [6, 6.07) is 30.3. The van der Waals surface area contributed by atoms with Crippen LogP contribution in [-0.4, -0.2) is 174 Å². The molecule has 1 aliphatic heterocycles. The molecule has 46 heteroatoms. The van der Waals surface area contributed by atoms with Crippen molar-refractivity contribution in [2.75, 3.05) is 70.9 Å². The third-order valence-electron chi connectivity index (χ3n) is 24.2. The van der Waals surface area contributed by atoms with Gasteiger partial charge in [-0.25, -0.2) is 39.9 Å². The van der Waals surface area contributed by atoms with Gasteiger partial charge in [-0.15, -0.1) is 54.6 Å². The maximum Gasteiger partial charge on any atom is 1.00 e. The molecule has 4 saturated carbocycles. The summed E-state index contributed by atoms with van der Waals surface area (Å²) in [7, 11) is 12.6. The van der Waals surface area contributed by atoms with Gasteiger partial charge in [0.1, 0.15) is 86.4 Å². The number of nitrogens with one attached hydrogen (secondary N) is 4. The van der Waals surface area contributed by atoms with Gasteiger partial charge in [-0.05, 0) is 224 Å². The van der Waals surface area contributed by atoms with Gasteiger partial charge in [-0.2, -0.15) is 35.1 Å². The number of anilines is 3. The van der Waals surface area contributed by atoms with Gasteiger partial charge in [-0.3, -0.25) is 28.8 Å². The summed E-state index contributed by atoms with van der Waals surface area (Å²) in [6.07, 6.45) is 18.9. The predicted molar refractivity (Wildman–Crippen MR) is 573 cm³/mol. The van der Waals surface area contributed by atoms with Crippen molar-refractivity contribution in [1.82, 2.24) is 39.9 Å². The molecule has 4 amide bonds. The van der Waals surface area contributed by atoms with Crippen LogP contribution in [0.4, 0.5) is 56.5 Å². The third-order valence-corrected chi connectivity index (χ3v) is 29.6. The number of primary amides is 1. The van der Waals surface area contributed by atoms with Crippen molar-refractivity contribution in [3.63, 3.8) is 0 Å². The zero-order chi connectivity index (χ0) is 108. The van der Waals surface area contributed by atoms with Gasteiger partial charge in [-0.1, -0.05) is 51.6 Å². The van der Waals surface area contributed by atoms with E-state index in [1.54, 1.807) is 110 Å². The van der Waals surface area contributed by atoms with E-state index >= 15 is 0 Å². The Balaban J connectivity index is 0.000000384. The van der Waals surface area contributed by atoms with Crippen LogP contribution in [0.3, 0.4) is 0 Å². The molecule has 3 radical (unpaired) electrons. The number of pyridine rings is 4. The topological polar surface area (TPSA) is 375 Å². The quantitative estimate of drug-likeness (QED) is 0.0150. The van der Waals surface area contributed by atoms with E-state index in [1.165, 1.54) is 117 Å². The van der Waals surface area contributed by atoms with Crippen molar-refractivity contribution < 1.29 is 143 Å². The zero-order valence-corrected chi connectivity index (χ0v) is 91.5. The number of hydrogen-bond donors (Lipinski definition) is 6. The second-order valence-corrected chi connectivity index (χ2v) is 39.6. The number of ether oxygens (including phenoxy) is 5. The van der Waals surface area contributed by atoms with Crippen molar-refractivity contribution in [3.05, 3.63) is 191 Å². The standard InChI is InChI=1S/C24H25F2N3O3S.C23H25F2N3O3S.C23H23F2N3O3S.C16H18BrNO2S.C8H8F2N2O.C4H8O.C2H6.CH3B.CH5P.Al.BFHN.Li.V.4H/c1-13(30)14-7-9-15(10-8-14)23-29-18-11-19(32-3)17(12-20(18)33-23)28-22(31)16-5-4-6-21(27-16)24(2,25)26;2*1-23(24,25)20-5-3-4-15(26-20)21(30)27-16-11-19-17(10-18(16)31-2)28-22(32-19)14-8-6-13(12-29)7-9-14;1-9(19)10-3-5-11(6-4-10)16-18-13-8-14(20-2)12(17)7-15(13)21-16;1-8(9,10)6-4-2-3-5(12-6)7(11)13;1-2-4-5-3-1;3*1-2;;2-1-3;;;;;;/h4-6,11-12,14-15H,7-10H2,1-3H3,(H,28,31);3-5,10-11,13-14,29H,6-9,12H2,1-2H3,(H,27,30);3-5,10-14H,6-9H2,1-2H3,(H,27,30);7-8,10-11H,3-6H2,1-2H3;2-4H,1H3,(H2,11,13);1-4H2;1-2H3;1H3;2H2,1H3;;3H;;;;;;/q;;;;;;;;;;;+1;;;;;-1/i;;;;;;1D;;1D;;;;;;;;. The number of aliphatic hydroxyl groups is 1.